The van der Waals surface area contributed by atoms with Gasteiger partial charge in [0.05, 0.1) is 0 Å². The Kier molecular flexibility index (Phi) is 57.7. The average Bonchev–Trinajstić information content (AvgIpc) is 3.36. The van der Waals surface area contributed by atoms with Crippen molar-refractivity contribution in [1.82, 2.24) is 0 Å². The molecule has 0 aliphatic heterocycles. The SMILES string of the molecule is CCCCCCC/C=C\C/C=C\CCCCCCCCCCCC(=O)OC(COC(=O)CCCCCCCCC)COC(=O)CCCCCCCCCCCCCCCCCCCCCCCCCC. The Labute approximate surface area is 436 Å². The molecule has 0 fully saturated rings. The fourth-order valence-corrected chi connectivity index (χ4v) is 9.48. The van der Waals surface area contributed by atoms with Crippen LogP contribution >= 0.6 is 0 Å². The molecule has 0 amide bonds. The van der Waals surface area contributed by atoms with Gasteiger partial charge in [0.1, 0.15) is 13.2 Å². The van der Waals surface area contributed by atoms with Gasteiger partial charge in [-0.3, -0.25) is 14.4 Å². The minimum atomic E-state index is -0.768. The molecule has 0 saturated carbocycles. The number of esters is 3. The number of rotatable bonds is 58. The summed E-state index contributed by atoms with van der Waals surface area (Å²) in [5.41, 5.74) is 0. The standard InChI is InChI=1S/C64H120O6/c1-4-7-10-13-16-18-20-22-24-26-28-30-31-32-34-35-37-39-41-43-45-48-51-54-57-63(66)69-60-61(59-68-62(65)56-53-50-47-15-12-9-6-3)70-64(67)58-55-52-49-46-44-42-40-38-36-33-29-27-25-23-21-19-17-14-11-8-5-2/h21,23,27,29,61H,4-20,22,24-26,28,30-60H2,1-3H3/b23-21-,29-27-. The lowest BCUT2D eigenvalue weighted by atomic mass is 10.0. The lowest BCUT2D eigenvalue weighted by Crippen LogP contribution is -2.30. The second kappa shape index (κ2) is 59.5. The molecule has 0 saturated heterocycles. The molecule has 0 bridgehead atoms. The maximum Gasteiger partial charge on any atom is 0.306 e. The molecule has 0 aliphatic rings. The molecule has 0 aromatic rings. The normalized spacial score (nSPS) is 12.1. The van der Waals surface area contributed by atoms with Crippen molar-refractivity contribution in [2.45, 2.75) is 354 Å². The lowest BCUT2D eigenvalue weighted by molar-refractivity contribution is -0.167. The number of unbranched alkanes of at least 4 members (excludes halogenated alkanes) is 43. The van der Waals surface area contributed by atoms with Crippen molar-refractivity contribution in [2.24, 2.45) is 0 Å². The summed E-state index contributed by atoms with van der Waals surface area (Å²) in [6.07, 6.45) is 70.7. The first-order valence-electron chi connectivity index (χ1n) is 31.3. The lowest BCUT2D eigenvalue weighted by Gasteiger charge is -2.18. The second-order valence-corrected chi connectivity index (χ2v) is 21.3. The first-order valence-corrected chi connectivity index (χ1v) is 31.3. The summed E-state index contributed by atoms with van der Waals surface area (Å²) < 4.78 is 16.8. The van der Waals surface area contributed by atoms with E-state index < -0.39 is 6.10 Å². The number of hydrogen-bond donors (Lipinski definition) is 0. The summed E-state index contributed by atoms with van der Waals surface area (Å²) in [7, 11) is 0. The molecule has 412 valence electrons. The molecule has 0 heterocycles. The Hall–Kier alpha value is -2.11. The molecule has 0 N–H and O–H groups in total. The molecule has 0 aliphatic carbocycles. The number of carbonyl (C=O) groups excluding carboxylic acids is 3. The van der Waals surface area contributed by atoms with Gasteiger partial charge in [0, 0.05) is 19.3 Å². The Morgan fingerprint density at radius 1 is 0.286 bits per heavy atom. The van der Waals surface area contributed by atoms with E-state index in [-0.39, 0.29) is 31.1 Å². The zero-order valence-electron chi connectivity index (χ0n) is 47.3. The first-order chi connectivity index (χ1) is 34.5. The van der Waals surface area contributed by atoms with Gasteiger partial charge in [-0.25, -0.2) is 0 Å². The minimum absolute atomic E-state index is 0.0678. The Bertz CT molecular complexity index is 1130. The van der Waals surface area contributed by atoms with Crippen LogP contribution in [0.4, 0.5) is 0 Å². The molecule has 0 aromatic carbocycles. The van der Waals surface area contributed by atoms with Crippen LogP contribution < -0.4 is 0 Å². The van der Waals surface area contributed by atoms with E-state index >= 15 is 0 Å². The molecule has 0 aromatic heterocycles. The summed E-state index contributed by atoms with van der Waals surface area (Å²) in [5.74, 6) is -0.856. The highest BCUT2D eigenvalue weighted by molar-refractivity contribution is 5.71. The minimum Gasteiger partial charge on any atom is -0.462 e. The highest BCUT2D eigenvalue weighted by Crippen LogP contribution is 2.18. The maximum absolute atomic E-state index is 12.8. The highest BCUT2D eigenvalue weighted by atomic mass is 16.6. The predicted octanol–water partition coefficient (Wildman–Crippen LogP) is 21.1. The smallest absolute Gasteiger partial charge is 0.306 e. The quantitative estimate of drug-likeness (QED) is 0.0261. The summed E-state index contributed by atoms with van der Waals surface area (Å²) in [5, 5.41) is 0. The summed E-state index contributed by atoms with van der Waals surface area (Å²) in [4.78, 5) is 38.0. The van der Waals surface area contributed by atoms with Crippen molar-refractivity contribution in [3.05, 3.63) is 24.3 Å². The molecular weight excluding hydrogens is 865 g/mol. The first kappa shape index (κ1) is 67.9. The van der Waals surface area contributed by atoms with Crippen LogP contribution in [-0.4, -0.2) is 37.2 Å². The van der Waals surface area contributed by atoms with E-state index in [4.69, 9.17) is 14.2 Å². The van der Waals surface area contributed by atoms with Gasteiger partial charge >= 0.3 is 17.9 Å². The molecule has 0 radical (unpaired) electrons. The molecule has 1 atom stereocenters. The van der Waals surface area contributed by atoms with Crippen LogP contribution in [0, 0.1) is 0 Å². The third-order valence-electron chi connectivity index (χ3n) is 14.2. The van der Waals surface area contributed by atoms with Crippen LogP contribution in [-0.2, 0) is 28.6 Å². The van der Waals surface area contributed by atoms with Gasteiger partial charge in [-0.1, -0.05) is 302 Å². The predicted molar refractivity (Wildman–Crippen MR) is 303 cm³/mol. The molecule has 0 spiro atoms. The highest BCUT2D eigenvalue weighted by Gasteiger charge is 2.19. The maximum atomic E-state index is 12.8. The van der Waals surface area contributed by atoms with E-state index in [0.29, 0.717) is 19.3 Å². The number of carbonyl (C=O) groups is 3. The number of allylic oxidation sites excluding steroid dienone is 4. The van der Waals surface area contributed by atoms with Crippen molar-refractivity contribution < 1.29 is 28.6 Å². The van der Waals surface area contributed by atoms with E-state index in [2.05, 4.69) is 45.1 Å². The van der Waals surface area contributed by atoms with Crippen LogP contribution in [0.15, 0.2) is 24.3 Å². The van der Waals surface area contributed by atoms with Gasteiger partial charge in [0.15, 0.2) is 6.10 Å². The average molecular weight is 986 g/mol. The van der Waals surface area contributed by atoms with E-state index in [1.165, 1.54) is 244 Å². The monoisotopic (exact) mass is 985 g/mol. The Morgan fingerprint density at radius 2 is 0.514 bits per heavy atom. The Morgan fingerprint density at radius 3 is 0.786 bits per heavy atom. The fourth-order valence-electron chi connectivity index (χ4n) is 9.48. The van der Waals surface area contributed by atoms with E-state index in [1.807, 2.05) is 0 Å². The third kappa shape index (κ3) is 56.8. The van der Waals surface area contributed by atoms with Crippen molar-refractivity contribution in [1.29, 1.82) is 0 Å². The molecule has 70 heavy (non-hydrogen) atoms. The van der Waals surface area contributed by atoms with Crippen LogP contribution in [0.3, 0.4) is 0 Å². The molecule has 0 rings (SSSR count). The van der Waals surface area contributed by atoms with Gasteiger partial charge in [0.2, 0.25) is 0 Å². The van der Waals surface area contributed by atoms with E-state index in [9.17, 15) is 14.4 Å². The molecule has 6 heteroatoms. The topological polar surface area (TPSA) is 78.9 Å². The van der Waals surface area contributed by atoms with E-state index in [1.54, 1.807) is 0 Å². The van der Waals surface area contributed by atoms with Gasteiger partial charge < -0.3 is 14.2 Å². The largest absolute Gasteiger partial charge is 0.462 e. The molecular formula is C64H120O6. The van der Waals surface area contributed by atoms with Gasteiger partial charge in [-0.15, -0.1) is 0 Å². The van der Waals surface area contributed by atoms with Gasteiger partial charge in [0.25, 0.3) is 0 Å². The van der Waals surface area contributed by atoms with Crippen molar-refractivity contribution in [3.8, 4) is 0 Å². The van der Waals surface area contributed by atoms with E-state index in [0.717, 1.165) is 64.2 Å². The van der Waals surface area contributed by atoms with Crippen molar-refractivity contribution in [2.75, 3.05) is 13.2 Å². The van der Waals surface area contributed by atoms with Crippen LogP contribution in [0.5, 0.6) is 0 Å². The van der Waals surface area contributed by atoms with Crippen LogP contribution in [0.25, 0.3) is 0 Å². The number of hydrogen-bond acceptors (Lipinski definition) is 6. The summed E-state index contributed by atoms with van der Waals surface area (Å²) in [6.45, 7) is 6.64. The Balaban J connectivity index is 4.10. The van der Waals surface area contributed by atoms with Gasteiger partial charge in [-0.2, -0.15) is 0 Å². The number of ether oxygens (including phenoxy) is 3. The van der Waals surface area contributed by atoms with Crippen LogP contribution in [0.2, 0.25) is 0 Å². The summed E-state index contributed by atoms with van der Waals surface area (Å²) in [6, 6.07) is 0. The van der Waals surface area contributed by atoms with Crippen LogP contribution in [0.1, 0.15) is 348 Å². The fraction of sp³-hybridized carbons (Fsp3) is 0.891. The zero-order chi connectivity index (χ0) is 50.7. The molecule has 6 nitrogen and oxygen atoms in total. The zero-order valence-corrected chi connectivity index (χ0v) is 47.3. The third-order valence-corrected chi connectivity index (χ3v) is 14.2. The summed E-state index contributed by atoms with van der Waals surface area (Å²) >= 11 is 0. The molecule has 1 unspecified atom stereocenters. The van der Waals surface area contributed by atoms with Crippen molar-refractivity contribution >= 4 is 17.9 Å². The van der Waals surface area contributed by atoms with Gasteiger partial charge in [-0.05, 0) is 51.4 Å². The van der Waals surface area contributed by atoms with Crippen molar-refractivity contribution in [3.63, 3.8) is 0 Å². The second-order valence-electron chi connectivity index (χ2n) is 21.3.